The van der Waals surface area contributed by atoms with Gasteiger partial charge in [0.1, 0.15) is 11.5 Å². The maximum atomic E-state index is 12.4. The van der Waals surface area contributed by atoms with Gasteiger partial charge in [-0.1, -0.05) is 60.7 Å². The molecule has 0 aliphatic carbocycles. The molecule has 4 aromatic rings. The molecule has 0 unspecified atom stereocenters. The summed E-state index contributed by atoms with van der Waals surface area (Å²) in [5.74, 6) is 1.21. The molecule has 3 aromatic carbocycles. The third kappa shape index (κ3) is 4.75. The summed E-state index contributed by atoms with van der Waals surface area (Å²) in [6, 6.07) is 29.2. The van der Waals surface area contributed by atoms with Gasteiger partial charge >= 0.3 is 6.01 Å². The van der Waals surface area contributed by atoms with Crippen LogP contribution >= 0.6 is 0 Å². The summed E-state index contributed by atoms with van der Waals surface area (Å²) >= 11 is 0. The zero-order chi connectivity index (χ0) is 20.8. The Kier molecular flexibility index (Phi) is 5.90. The Morgan fingerprint density at radius 1 is 0.833 bits per heavy atom. The minimum absolute atomic E-state index is 0.293. The van der Waals surface area contributed by atoms with Crippen LogP contribution in [0, 0.1) is 0 Å². The lowest BCUT2D eigenvalue weighted by molar-refractivity contribution is 0.415. The number of anilines is 1. The van der Waals surface area contributed by atoms with Crippen molar-refractivity contribution in [1.82, 2.24) is 4.98 Å². The molecule has 0 aliphatic rings. The van der Waals surface area contributed by atoms with Gasteiger partial charge in [-0.25, -0.2) is 0 Å². The molecule has 0 saturated heterocycles. The van der Waals surface area contributed by atoms with Crippen molar-refractivity contribution in [1.29, 1.82) is 0 Å². The van der Waals surface area contributed by atoms with E-state index in [-0.39, 0.29) is 5.56 Å². The molecular weight excluding hydrogens is 376 g/mol. The largest absolute Gasteiger partial charge is 0.497 e. The Morgan fingerprint density at radius 2 is 1.40 bits per heavy atom. The number of aromatic nitrogens is 1. The molecule has 0 aliphatic heterocycles. The lowest BCUT2D eigenvalue weighted by atomic mass is 10.1. The minimum Gasteiger partial charge on any atom is -0.497 e. The first-order valence-electron chi connectivity index (χ1n) is 9.71. The summed E-state index contributed by atoms with van der Waals surface area (Å²) in [7, 11) is 1.62. The number of hydrogen-bond donors (Lipinski definition) is 0. The fraction of sp³-hybridized carbons (Fsp3) is 0.120. The van der Waals surface area contributed by atoms with Crippen LogP contribution in [0.5, 0.6) is 5.75 Å². The van der Waals surface area contributed by atoms with Crippen molar-refractivity contribution in [2.45, 2.75) is 13.1 Å². The summed E-state index contributed by atoms with van der Waals surface area (Å²) in [6.45, 7) is 1.13. The molecule has 150 valence electrons. The normalized spacial score (nSPS) is 10.6. The quantitative estimate of drug-likeness (QED) is 0.442. The Balaban J connectivity index is 1.71. The second-order valence-corrected chi connectivity index (χ2v) is 6.90. The van der Waals surface area contributed by atoms with Gasteiger partial charge in [0, 0.05) is 24.7 Å². The predicted molar refractivity (Wildman–Crippen MR) is 118 cm³/mol. The van der Waals surface area contributed by atoms with E-state index in [2.05, 4.69) is 4.98 Å². The number of benzene rings is 3. The van der Waals surface area contributed by atoms with E-state index in [4.69, 9.17) is 9.15 Å². The van der Waals surface area contributed by atoms with Crippen molar-refractivity contribution in [3.8, 4) is 17.1 Å². The first-order chi connectivity index (χ1) is 14.7. The van der Waals surface area contributed by atoms with Gasteiger partial charge in [0.15, 0.2) is 0 Å². The van der Waals surface area contributed by atoms with Crippen LogP contribution in [-0.4, -0.2) is 12.1 Å². The lowest BCUT2D eigenvalue weighted by Crippen LogP contribution is -2.25. The van der Waals surface area contributed by atoms with Crippen LogP contribution in [0.1, 0.15) is 11.1 Å². The first-order valence-corrected chi connectivity index (χ1v) is 9.71. The fourth-order valence-electron chi connectivity index (χ4n) is 3.22. The van der Waals surface area contributed by atoms with Gasteiger partial charge in [-0.2, -0.15) is 4.98 Å². The van der Waals surface area contributed by atoms with E-state index in [1.807, 2.05) is 89.8 Å². The van der Waals surface area contributed by atoms with Gasteiger partial charge in [0.05, 0.1) is 7.11 Å². The molecule has 0 amide bonds. The molecule has 0 saturated carbocycles. The Bertz CT molecular complexity index is 1100. The Labute approximate surface area is 175 Å². The van der Waals surface area contributed by atoms with Gasteiger partial charge in [-0.15, -0.1) is 0 Å². The molecule has 1 aromatic heterocycles. The van der Waals surface area contributed by atoms with Crippen molar-refractivity contribution in [3.63, 3.8) is 0 Å². The van der Waals surface area contributed by atoms with Crippen LogP contribution < -0.4 is 15.2 Å². The number of methoxy groups -OCH3 is 1. The lowest BCUT2D eigenvalue weighted by Gasteiger charge is -2.22. The Morgan fingerprint density at radius 3 is 1.93 bits per heavy atom. The maximum absolute atomic E-state index is 12.4. The van der Waals surface area contributed by atoms with Crippen molar-refractivity contribution < 1.29 is 9.15 Å². The van der Waals surface area contributed by atoms with E-state index < -0.39 is 0 Å². The minimum atomic E-state index is -0.340. The van der Waals surface area contributed by atoms with Crippen LogP contribution in [0.4, 0.5) is 6.01 Å². The Hall–Kier alpha value is -3.86. The average molecular weight is 398 g/mol. The van der Waals surface area contributed by atoms with Crippen LogP contribution in [-0.2, 0) is 13.1 Å². The molecular formula is C25H22N2O3. The molecule has 4 rings (SSSR count). The monoisotopic (exact) mass is 398 g/mol. The SMILES string of the molecule is COc1ccc(-c2cc(=O)nc(N(Cc3ccccc3)Cc3ccccc3)o2)cc1. The van der Waals surface area contributed by atoms with Crippen LogP contribution in [0.15, 0.2) is 100 Å². The van der Waals surface area contributed by atoms with Crippen molar-refractivity contribution >= 4 is 6.01 Å². The zero-order valence-corrected chi connectivity index (χ0v) is 16.7. The van der Waals surface area contributed by atoms with Gasteiger partial charge in [0.2, 0.25) is 0 Å². The van der Waals surface area contributed by atoms with Gasteiger partial charge in [-0.05, 0) is 35.4 Å². The van der Waals surface area contributed by atoms with E-state index in [0.717, 1.165) is 22.4 Å². The molecule has 0 spiro atoms. The smallest absolute Gasteiger partial charge is 0.301 e. The standard InChI is InChI=1S/C25H22N2O3/c1-29-22-14-12-21(13-15-22)23-16-24(28)26-25(30-23)27(17-19-8-4-2-5-9-19)18-20-10-6-3-7-11-20/h2-16H,17-18H2,1H3. The average Bonchev–Trinajstić information content (AvgIpc) is 2.80. The van der Waals surface area contributed by atoms with Crippen LogP contribution in [0.2, 0.25) is 0 Å². The molecule has 0 N–H and O–H groups in total. The highest BCUT2D eigenvalue weighted by Crippen LogP contribution is 2.25. The number of ether oxygens (including phenoxy) is 1. The third-order valence-electron chi connectivity index (χ3n) is 4.74. The van der Waals surface area contributed by atoms with Gasteiger partial charge in [0.25, 0.3) is 5.56 Å². The molecule has 5 nitrogen and oxygen atoms in total. The summed E-state index contributed by atoms with van der Waals surface area (Å²) in [4.78, 5) is 18.5. The van der Waals surface area contributed by atoms with Crippen molar-refractivity contribution in [2.75, 3.05) is 12.0 Å². The van der Waals surface area contributed by atoms with E-state index in [0.29, 0.717) is 24.9 Å². The molecule has 30 heavy (non-hydrogen) atoms. The van der Waals surface area contributed by atoms with Gasteiger partial charge in [-0.3, -0.25) is 4.79 Å². The van der Waals surface area contributed by atoms with E-state index in [1.54, 1.807) is 7.11 Å². The fourth-order valence-corrected chi connectivity index (χ4v) is 3.22. The highest BCUT2D eigenvalue weighted by molar-refractivity contribution is 5.58. The van der Waals surface area contributed by atoms with Crippen LogP contribution in [0.3, 0.4) is 0 Å². The number of nitrogens with zero attached hydrogens (tertiary/aromatic N) is 2. The maximum Gasteiger partial charge on any atom is 0.301 e. The highest BCUT2D eigenvalue weighted by atomic mass is 16.5. The summed E-state index contributed by atoms with van der Waals surface area (Å²) in [5.41, 5.74) is 2.66. The third-order valence-corrected chi connectivity index (χ3v) is 4.74. The molecule has 0 atom stereocenters. The highest BCUT2D eigenvalue weighted by Gasteiger charge is 2.15. The number of rotatable bonds is 7. The second-order valence-electron chi connectivity index (χ2n) is 6.90. The van der Waals surface area contributed by atoms with Gasteiger partial charge < -0.3 is 14.1 Å². The van der Waals surface area contributed by atoms with E-state index in [9.17, 15) is 4.79 Å². The molecule has 0 fully saturated rings. The molecule has 1 heterocycles. The molecule has 0 radical (unpaired) electrons. The van der Waals surface area contributed by atoms with Crippen molar-refractivity contribution in [2.24, 2.45) is 0 Å². The van der Waals surface area contributed by atoms with Crippen molar-refractivity contribution in [3.05, 3.63) is 112 Å². The molecule has 0 bridgehead atoms. The van der Waals surface area contributed by atoms with Crippen LogP contribution in [0.25, 0.3) is 11.3 Å². The van der Waals surface area contributed by atoms with E-state index >= 15 is 0 Å². The molecule has 5 heteroatoms. The summed E-state index contributed by atoms with van der Waals surface area (Å²) in [5, 5.41) is 0. The summed E-state index contributed by atoms with van der Waals surface area (Å²) in [6.07, 6.45) is 0. The predicted octanol–water partition coefficient (Wildman–Crippen LogP) is 4.92. The first kappa shape index (κ1) is 19.5. The summed E-state index contributed by atoms with van der Waals surface area (Å²) < 4.78 is 11.3. The van der Waals surface area contributed by atoms with E-state index in [1.165, 1.54) is 6.07 Å². The number of hydrogen-bond acceptors (Lipinski definition) is 5. The topological polar surface area (TPSA) is 55.6 Å². The zero-order valence-electron chi connectivity index (χ0n) is 16.7. The second kappa shape index (κ2) is 9.09.